The number of carboxylic acids is 1. The molecule has 6 nitrogen and oxygen atoms in total. The predicted octanol–water partition coefficient (Wildman–Crippen LogP) is 4.80. The van der Waals surface area contributed by atoms with Gasteiger partial charge in [-0.1, -0.05) is 48.5 Å². The Morgan fingerprint density at radius 3 is 2.65 bits per heavy atom. The van der Waals surface area contributed by atoms with E-state index in [9.17, 15) is 9.59 Å². The Kier molecular flexibility index (Phi) is 5.62. The Morgan fingerprint density at radius 1 is 1.03 bits per heavy atom. The monoisotopic (exact) mass is 412 g/mol. The molecular weight excluding hydrogens is 392 g/mol. The van der Waals surface area contributed by atoms with Crippen LogP contribution in [0.1, 0.15) is 27.2 Å². The Morgan fingerprint density at radius 2 is 1.84 bits per heavy atom. The molecule has 4 aromatic rings. The molecule has 0 fully saturated rings. The van der Waals surface area contributed by atoms with Crippen molar-refractivity contribution in [1.82, 2.24) is 5.43 Å². The molecule has 0 radical (unpaired) electrons. The zero-order valence-corrected chi connectivity index (χ0v) is 16.8. The molecule has 31 heavy (non-hydrogen) atoms. The summed E-state index contributed by atoms with van der Waals surface area (Å²) in [6.45, 7) is 1.82. The molecule has 1 heterocycles. The fourth-order valence-electron chi connectivity index (χ4n) is 3.47. The fraction of sp³-hybridized carbons (Fsp3) is 0.0800. The van der Waals surface area contributed by atoms with E-state index in [0.717, 1.165) is 27.5 Å². The first-order chi connectivity index (χ1) is 15.0. The van der Waals surface area contributed by atoms with Crippen molar-refractivity contribution in [2.24, 2.45) is 5.10 Å². The quantitative estimate of drug-likeness (QED) is 0.351. The summed E-state index contributed by atoms with van der Waals surface area (Å²) < 4.78 is 5.76. The molecule has 0 bridgehead atoms. The zero-order valence-electron chi connectivity index (χ0n) is 16.8. The topological polar surface area (TPSA) is 91.9 Å². The van der Waals surface area contributed by atoms with E-state index in [1.807, 2.05) is 49.4 Å². The molecule has 0 spiro atoms. The zero-order chi connectivity index (χ0) is 21.8. The van der Waals surface area contributed by atoms with E-state index in [2.05, 4.69) is 10.5 Å². The van der Waals surface area contributed by atoms with Gasteiger partial charge in [0.25, 0.3) is 0 Å². The average molecular weight is 412 g/mol. The third-order valence-corrected chi connectivity index (χ3v) is 4.98. The van der Waals surface area contributed by atoms with Gasteiger partial charge in [-0.25, -0.2) is 10.2 Å². The summed E-state index contributed by atoms with van der Waals surface area (Å²) in [5.74, 6) is -0.124. The van der Waals surface area contributed by atoms with Gasteiger partial charge in [-0.2, -0.15) is 5.10 Å². The number of aryl methyl sites for hydroxylation is 1. The van der Waals surface area contributed by atoms with Crippen LogP contribution in [0.25, 0.3) is 22.1 Å². The number of rotatable bonds is 6. The molecule has 1 aromatic heterocycles. The number of hydrogen-bond donors (Lipinski definition) is 2. The number of furan rings is 1. The first-order valence-corrected chi connectivity index (χ1v) is 9.74. The van der Waals surface area contributed by atoms with Crippen molar-refractivity contribution < 1.29 is 19.1 Å². The highest BCUT2D eigenvalue weighted by molar-refractivity contribution is 5.91. The first-order valence-electron chi connectivity index (χ1n) is 9.74. The van der Waals surface area contributed by atoms with Crippen LogP contribution in [0.4, 0.5) is 0 Å². The number of amides is 1. The molecule has 0 aliphatic rings. The van der Waals surface area contributed by atoms with E-state index in [1.165, 1.54) is 12.3 Å². The van der Waals surface area contributed by atoms with Crippen molar-refractivity contribution in [3.63, 3.8) is 0 Å². The maximum Gasteiger partial charge on any atom is 0.335 e. The highest BCUT2D eigenvalue weighted by Gasteiger charge is 2.10. The minimum absolute atomic E-state index is 0.219. The van der Waals surface area contributed by atoms with Gasteiger partial charge in [0.1, 0.15) is 11.5 Å². The molecule has 0 saturated carbocycles. The van der Waals surface area contributed by atoms with Crippen LogP contribution in [-0.2, 0) is 11.2 Å². The third kappa shape index (κ3) is 4.53. The molecule has 6 heteroatoms. The predicted molar refractivity (Wildman–Crippen MR) is 119 cm³/mol. The maximum atomic E-state index is 12.3. The number of nitrogens with zero attached hydrogens (tertiary/aromatic N) is 1. The summed E-state index contributed by atoms with van der Waals surface area (Å²) in [6, 6.07) is 22.2. The van der Waals surface area contributed by atoms with E-state index in [1.54, 1.807) is 24.3 Å². The number of benzene rings is 3. The number of fused-ring (bicyclic) bond motifs is 1. The molecule has 0 atom stereocenters. The highest BCUT2D eigenvalue weighted by Crippen LogP contribution is 2.26. The maximum absolute atomic E-state index is 12.3. The van der Waals surface area contributed by atoms with Gasteiger partial charge in [0.05, 0.1) is 18.2 Å². The summed E-state index contributed by atoms with van der Waals surface area (Å²) >= 11 is 0. The van der Waals surface area contributed by atoms with Gasteiger partial charge >= 0.3 is 5.97 Å². The standard InChI is InChI=1S/C25H20N2O4/c1-16-13-19(25(29)30)9-11-21(16)23-12-10-20(31-23)15-26-27-24(28)14-18-7-4-6-17-5-2-3-8-22(17)18/h2-13,15H,14H2,1H3,(H,27,28)(H,29,30)/b26-15-. The Balaban J connectivity index is 1.41. The molecule has 0 saturated heterocycles. The molecule has 0 aliphatic carbocycles. The number of aromatic carboxylic acids is 1. The minimum atomic E-state index is -0.971. The van der Waals surface area contributed by atoms with Crippen molar-refractivity contribution in [3.05, 3.63) is 95.2 Å². The normalized spacial score (nSPS) is 11.1. The average Bonchev–Trinajstić information content (AvgIpc) is 3.22. The van der Waals surface area contributed by atoms with Crippen LogP contribution < -0.4 is 5.43 Å². The lowest BCUT2D eigenvalue weighted by Gasteiger charge is -2.05. The van der Waals surface area contributed by atoms with Crippen LogP contribution in [0.5, 0.6) is 0 Å². The molecule has 0 unspecified atom stereocenters. The van der Waals surface area contributed by atoms with Gasteiger partial charge in [0.15, 0.2) is 0 Å². The van der Waals surface area contributed by atoms with Gasteiger partial charge in [-0.15, -0.1) is 0 Å². The van der Waals surface area contributed by atoms with Crippen LogP contribution in [0.2, 0.25) is 0 Å². The molecular formula is C25H20N2O4. The lowest BCUT2D eigenvalue weighted by Crippen LogP contribution is -2.19. The fourth-order valence-corrected chi connectivity index (χ4v) is 3.47. The second-order valence-corrected chi connectivity index (χ2v) is 7.15. The second-order valence-electron chi connectivity index (χ2n) is 7.15. The number of carbonyl (C=O) groups is 2. The highest BCUT2D eigenvalue weighted by atomic mass is 16.4. The Bertz CT molecular complexity index is 1300. The van der Waals surface area contributed by atoms with Gasteiger partial charge in [-0.3, -0.25) is 4.79 Å². The Hall–Kier alpha value is -4.19. The van der Waals surface area contributed by atoms with Crippen LogP contribution in [0, 0.1) is 6.92 Å². The Labute approximate surface area is 178 Å². The van der Waals surface area contributed by atoms with E-state index in [0.29, 0.717) is 11.5 Å². The molecule has 3 aromatic carbocycles. The molecule has 2 N–H and O–H groups in total. The van der Waals surface area contributed by atoms with Crippen molar-refractivity contribution >= 4 is 28.9 Å². The van der Waals surface area contributed by atoms with Crippen LogP contribution in [-0.4, -0.2) is 23.2 Å². The van der Waals surface area contributed by atoms with Gasteiger partial charge in [-0.05, 0) is 53.1 Å². The van der Waals surface area contributed by atoms with Gasteiger partial charge < -0.3 is 9.52 Å². The minimum Gasteiger partial charge on any atom is -0.478 e. The summed E-state index contributed by atoms with van der Waals surface area (Å²) in [7, 11) is 0. The number of hydrazone groups is 1. The van der Waals surface area contributed by atoms with Gasteiger partial charge in [0, 0.05) is 5.56 Å². The summed E-state index contributed by atoms with van der Waals surface area (Å²) in [4.78, 5) is 23.4. The molecule has 0 aliphatic heterocycles. The summed E-state index contributed by atoms with van der Waals surface area (Å²) in [5, 5.41) is 15.2. The van der Waals surface area contributed by atoms with Crippen molar-refractivity contribution in [1.29, 1.82) is 0 Å². The van der Waals surface area contributed by atoms with Crippen molar-refractivity contribution in [3.8, 4) is 11.3 Å². The van der Waals surface area contributed by atoms with Gasteiger partial charge in [0.2, 0.25) is 5.91 Å². The van der Waals surface area contributed by atoms with E-state index in [4.69, 9.17) is 9.52 Å². The largest absolute Gasteiger partial charge is 0.478 e. The van der Waals surface area contributed by atoms with Crippen LogP contribution in [0.15, 0.2) is 82.3 Å². The third-order valence-electron chi connectivity index (χ3n) is 4.98. The number of hydrogen-bond acceptors (Lipinski definition) is 4. The molecule has 4 rings (SSSR count). The van der Waals surface area contributed by atoms with E-state index >= 15 is 0 Å². The summed E-state index contributed by atoms with van der Waals surface area (Å²) in [6.07, 6.45) is 1.66. The lowest BCUT2D eigenvalue weighted by molar-refractivity contribution is -0.120. The molecule has 154 valence electrons. The lowest BCUT2D eigenvalue weighted by atomic mass is 10.0. The number of carboxylic acid groups (broad SMARTS) is 1. The second kappa shape index (κ2) is 8.67. The van der Waals surface area contributed by atoms with Crippen LogP contribution in [0.3, 0.4) is 0 Å². The smallest absolute Gasteiger partial charge is 0.335 e. The van der Waals surface area contributed by atoms with Crippen molar-refractivity contribution in [2.45, 2.75) is 13.3 Å². The summed E-state index contributed by atoms with van der Waals surface area (Å²) in [5.41, 5.74) is 5.28. The first kappa shape index (κ1) is 20.1. The number of carbonyl (C=O) groups excluding carboxylic acids is 1. The van der Waals surface area contributed by atoms with E-state index in [-0.39, 0.29) is 17.9 Å². The van der Waals surface area contributed by atoms with Crippen LogP contribution >= 0.6 is 0 Å². The van der Waals surface area contributed by atoms with Crippen molar-refractivity contribution in [2.75, 3.05) is 0 Å². The molecule has 1 amide bonds. The number of nitrogens with one attached hydrogen (secondary N) is 1. The van der Waals surface area contributed by atoms with E-state index < -0.39 is 5.97 Å². The SMILES string of the molecule is Cc1cc(C(=O)O)ccc1-c1ccc(/C=N\NC(=O)Cc2cccc3ccccc23)o1.